The molecule has 1 saturated heterocycles. The van der Waals surface area contributed by atoms with Gasteiger partial charge in [-0.2, -0.15) is 5.10 Å². The summed E-state index contributed by atoms with van der Waals surface area (Å²) in [4.78, 5) is 12.7. The molecule has 0 aliphatic carbocycles. The number of hydrogen-bond acceptors (Lipinski definition) is 6. The number of amides is 1. The Labute approximate surface area is 158 Å². The molecule has 8 nitrogen and oxygen atoms in total. The van der Waals surface area contributed by atoms with Crippen LogP contribution < -0.4 is 20.1 Å². The maximum atomic E-state index is 12.7. The number of methoxy groups -OCH3 is 2. The summed E-state index contributed by atoms with van der Waals surface area (Å²) in [6.45, 7) is 1.43. The highest BCUT2D eigenvalue weighted by Gasteiger charge is 2.34. The van der Waals surface area contributed by atoms with Gasteiger partial charge in [-0.25, -0.2) is 0 Å². The van der Waals surface area contributed by atoms with Gasteiger partial charge in [0.1, 0.15) is 11.5 Å². The molecular formula is C19H26N4O4. The first-order chi connectivity index (χ1) is 13.0. The minimum atomic E-state index is -0.898. The van der Waals surface area contributed by atoms with Crippen LogP contribution in [-0.2, 0) is 11.8 Å². The number of nitrogens with zero attached hydrogens (tertiary/aromatic N) is 2. The van der Waals surface area contributed by atoms with E-state index in [4.69, 9.17) is 9.47 Å². The molecule has 0 radical (unpaired) electrons. The number of aliphatic hydroxyl groups is 1. The monoisotopic (exact) mass is 374 g/mol. The summed E-state index contributed by atoms with van der Waals surface area (Å²) in [5, 5.41) is 20.9. The van der Waals surface area contributed by atoms with Crippen LogP contribution in [0.1, 0.15) is 23.1 Å². The van der Waals surface area contributed by atoms with E-state index in [2.05, 4.69) is 15.7 Å². The average Bonchev–Trinajstić information content (AvgIpc) is 3.34. The van der Waals surface area contributed by atoms with E-state index in [9.17, 15) is 9.90 Å². The van der Waals surface area contributed by atoms with E-state index in [-0.39, 0.29) is 24.3 Å². The molecule has 1 unspecified atom stereocenters. The van der Waals surface area contributed by atoms with Gasteiger partial charge in [0.2, 0.25) is 5.91 Å². The fraction of sp³-hybridized carbons (Fsp3) is 0.474. The van der Waals surface area contributed by atoms with Crippen molar-refractivity contribution in [2.24, 2.45) is 13.0 Å². The SMILES string of the molecule is COc1ccc(OC)c(C(O)CNC(=O)[C@H]2CNC[C@@H]2c2cnn(C)c2)c1. The lowest BCUT2D eigenvalue weighted by atomic mass is 9.90. The van der Waals surface area contributed by atoms with E-state index in [1.165, 1.54) is 0 Å². The van der Waals surface area contributed by atoms with Crippen LogP contribution in [-0.4, -0.2) is 54.6 Å². The van der Waals surface area contributed by atoms with Crippen molar-refractivity contribution in [1.29, 1.82) is 0 Å². The van der Waals surface area contributed by atoms with Crippen LogP contribution in [0.25, 0.3) is 0 Å². The molecule has 1 aromatic carbocycles. The number of ether oxygens (including phenoxy) is 2. The van der Waals surface area contributed by atoms with E-state index in [0.717, 1.165) is 12.1 Å². The van der Waals surface area contributed by atoms with Gasteiger partial charge in [-0.3, -0.25) is 9.48 Å². The molecule has 0 spiro atoms. The van der Waals surface area contributed by atoms with Crippen molar-refractivity contribution in [2.45, 2.75) is 12.0 Å². The van der Waals surface area contributed by atoms with Crippen molar-refractivity contribution < 1.29 is 19.4 Å². The van der Waals surface area contributed by atoms with E-state index in [1.807, 2.05) is 13.2 Å². The lowest BCUT2D eigenvalue weighted by molar-refractivity contribution is -0.125. The third kappa shape index (κ3) is 4.23. The average molecular weight is 374 g/mol. The lowest BCUT2D eigenvalue weighted by Crippen LogP contribution is -2.36. The predicted octanol–water partition coefficient (Wildman–Crippen LogP) is 0.590. The standard InChI is InChI=1S/C19H26N4O4/c1-23-11-12(7-22-23)15-8-20-9-16(15)19(25)21-10-17(24)14-6-13(26-2)4-5-18(14)27-3/h4-7,11,15-17,20,24H,8-10H2,1-3H3,(H,21,25)/t15-,16+,17?/m1/s1. The second kappa shape index (κ2) is 8.41. The van der Waals surface area contributed by atoms with Crippen molar-refractivity contribution in [3.05, 3.63) is 41.7 Å². The highest BCUT2D eigenvalue weighted by Crippen LogP contribution is 2.30. The van der Waals surface area contributed by atoms with E-state index >= 15 is 0 Å². The van der Waals surface area contributed by atoms with E-state index in [0.29, 0.717) is 23.6 Å². The summed E-state index contributed by atoms with van der Waals surface area (Å²) in [5.41, 5.74) is 1.61. The second-order valence-electron chi connectivity index (χ2n) is 6.69. The fourth-order valence-electron chi connectivity index (χ4n) is 3.47. The number of aryl methyl sites for hydroxylation is 1. The molecule has 2 heterocycles. The molecule has 2 aromatic rings. The summed E-state index contributed by atoms with van der Waals surface area (Å²) >= 11 is 0. The zero-order chi connectivity index (χ0) is 19.4. The zero-order valence-corrected chi connectivity index (χ0v) is 15.8. The minimum Gasteiger partial charge on any atom is -0.497 e. The minimum absolute atomic E-state index is 0.0715. The molecular weight excluding hydrogens is 348 g/mol. The molecule has 1 amide bonds. The number of carbonyl (C=O) groups excluding carboxylic acids is 1. The zero-order valence-electron chi connectivity index (χ0n) is 15.8. The number of aliphatic hydroxyl groups excluding tert-OH is 1. The number of nitrogens with one attached hydrogen (secondary N) is 2. The van der Waals surface area contributed by atoms with Crippen LogP contribution in [0.5, 0.6) is 11.5 Å². The maximum absolute atomic E-state index is 12.7. The van der Waals surface area contributed by atoms with Crippen molar-refractivity contribution in [3.8, 4) is 11.5 Å². The number of rotatable bonds is 7. The number of carbonyl (C=O) groups is 1. The van der Waals surface area contributed by atoms with Crippen molar-refractivity contribution in [3.63, 3.8) is 0 Å². The van der Waals surface area contributed by atoms with Gasteiger partial charge in [0.05, 0.1) is 32.4 Å². The van der Waals surface area contributed by atoms with E-state index in [1.54, 1.807) is 43.3 Å². The molecule has 27 heavy (non-hydrogen) atoms. The maximum Gasteiger partial charge on any atom is 0.225 e. The highest BCUT2D eigenvalue weighted by molar-refractivity contribution is 5.80. The third-order valence-electron chi connectivity index (χ3n) is 4.97. The van der Waals surface area contributed by atoms with Gasteiger partial charge in [-0.1, -0.05) is 0 Å². The molecule has 0 saturated carbocycles. The van der Waals surface area contributed by atoms with Gasteiger partial charge in [-0.15, -0.1) is 0 Å². The van der Waals surface area contributed by atoms with Gasteiger partial charge < -0.3 is 25.2 Å². The van der Waals surface area contributed by atoms with Crippen molar-refractivity contribution >= 4 is 5.91 Å². The third-order valence-corrected chi connectivity index (χ3v) is 4.97. The van der Waals surface area contributed by atoms with Gasteiger partial charge >= 0.3 is 0 Å². The van der Waals surface area contributed by atoms with Crippen molar-refractivity contribution in [2.75, 3.05) is 33.9 Å². The molecule has 3 N–H and O–H groups in total. The van der Waals surface area contributed by atoms with Crippen LogP contribution >= 0.6 is 0 Å². The molecule has 8 heteroatoms. The summed E-state index contributed by atoms with van der Waals surface area (Å²) < 4.78 is 12.2. The molecule has 1 aliphatic rings. The van der Waals surface area contributed by atoms with Gasteiger partial charge in [0.15, 0.2) is 0 Å². The first-order valence-electron chi connectivity index (χ1n) is 8.90. The Morgan fingerprint density at radius 1 is 1.41 bits per heavy atom. The van der Waals surface area contributed by atoms with Crippen molar-refractivity contribution in [1.82, 2.24) is 20.4 Å². The predicted molar refractivity (Wildman–Crippen MR) is 99.8 cm³/mol. The number of benzene rings is 1. The van der Waals surface area contributed by atoms with Crippen LogP contribution in [0.3, 0.4) is 0 Å². The van der Waals surface area contributed by atoms with Gasteiger partial charge in [-0.05, 0) is 23.8 Å². The smallest absolute Gasteiger partial charge is 0.225 e. The number of aromatic nitrogens is 2. The molecule has 0 bridgehead atoms. The van der Waals surface area contributed by atoms with E-state index < -0.39 is 6.10 Å². The lowest BCUT2D eigenvalue weighted by Gasteiger charge is -2.20. The quantitative estimate of drug-likeness (QED) is 0.656. The Morgan fingerprint density at radius 2 is 2.22 bits per heavy atom. The fourth-order valence-corrected chi connectivity index (χ4v) is 3.47. The molecule has 1 fully saturated rings. The second-order valence-corrected chi connectivity index (χ2v) is 6.69. The van der Waals surface area contributed by atoms with Gasteiger partial charge in [0.25, 0.3) is 0 Å². The summed E-state index contributed by atoms with van der Waals surface area (Å²) in [6.07, 6.45) is 2.84. The first-order valence-corrected chi connectivity index (χ1v) is 8.90. The summed E-state index contributed by atoms with van der Waals surface area (Å²) in [5.74, 6) is 0.951. The Kier molecular flexibility index (Phi) is 5.98. The topological polar surface area (TPSA) is 97.6 Å². The molecule has 1 aromatic heterocycles. The number of hydrogen-bond donors (Lipinski definition) is 3. The van der Waals surface area contributed by atoms with Gasteiger partial charge in [0, 0.05) is 44.4 Å². The molecule has 1 aliphatic heterocycles. The Bertz CT molecular complexity index is 792. The van der Waals surface area contributed by atoms with Crippen LogP contribution in [0, 0.1) is 5.92 Å². The normalized spacial score (nSPS) is 20.3. The Hall–Kier alpha value is -2.58. The molecule has 146 valence electrons. The molecule has 3 atom stereocenters. The highest BCUT2D eigenvalue weighted by atomic mass is 16.5. The Balaban J connectivity index is 1.65. The van der Waals surface area contributed by atoms with Crippen LogP contribution in [0.2, 0.25) is 0 Å². The van der Waals surface area contributed by atoms with Crippen LogP contribution in [0.15, 0.2) is 30.6 Å². The summed E-state index contributed by atoms with van der Waals surface area (Å²) in [6, 6.07) is 5.21. The first kappa shape index (κ1) is 19.2. The Morgan fingerprint density at radius 3 is 2.89 bits per heavy atom. The van der Waals surface area contributed by atoms with Crippen LogP contribution in [0.4, 0.5) is 0 Å². The largest absolute Gasteiger partial charge is 0.497 e. The molecule has 3 rings (SSSR count). The summed E-state index contributed by atoms with van der Waals surface area (Å²) in [7, 11) is 4.96.